The Morgan fingerprint density at radius 1 is 0.865 bits per heavy atom. The third kappa shape index (κ3) is 14.6. The molecule has 0 radical (unpaired) electrons. The lowest BCUT2D eigenvalue weighted by atomic mass is 9.81. The fourth-order valence-corrected chi connectivity index (χ4v) is 6.20. The molecule has 1 saturated carbocycles. The number of carboxylic acids is 1. The summed E-state index contributed by atoms with van der Waals surface area (Å²) in [5, 5.41) is 46.7. The molecule has 0 aromatic rings. The Morgan fingerprint density at radius 3 is 2.02 bits per heavy atom. The molecule has 2 atom stereocenters. The molecule has 20 heteroatoms. The van der Waals surface area contributed by atoms with Gasteiger partial charge in [0.1, 0.15) is 19.1 Å². The van der Waals surface area contributed by atoms with Crippen LogP contribution in [0.15, 0.2) is 11.5 Å². The highest BCUT2D eigenvalue weighted by molar-refractivity contribution is 5.89. The molecule has 0 aromatic heterocycles. The Hall–Kier alpha value is -3.92. The fourth-order valence-electron chi connectivity index (χ4n) is 6.20. The van der Waals surface area contributed by atoms with E-state index in [9.17, 15) is 49.2 Å². The molecule has 3 amide bonds. The van der Waals surface area contributed by atoms with Gasteiger partial charge in [0.25, 0.3) is 0 Å². The summed E-state index contributed by atoms with van der Waals surface area (Å²) in [7, 11) is 1.39. The summed E-state index contributed by atoms with van der Waals surface area (Å²) in [5.74, 6) is -5.01. The monoisotopic (exact) mass is 743 g/mol. The second kappa shape index (κ2) is 22.2. The Bertz CT molecular complexity index is 1250. The molecular weight excluding hydrogens is 690 g/mol. The van der Waals surface area contributed by atoms with Gasteiger partial charge in [0.15, 0.2) is 11.9 Å². The number of carbonyl (C=O) groups is 6. The molecule has 2 unspecified atom stereocenters. The molecule has 52 heavy (non-hydrogen) atoms. The summed E-state index contributed by atoms with van der Waals surface area (Å²) in [6.45, 7) is 3.80. The minimum absolute atomic E-state index is 0.0154. The number of aldehydes is 1. The zero-order valence-electron chi connectivity index (χ0n) is 29.6. The van der Waals surface area contributed by atoms with Crippen LogP contribution in [-0.4, -0.2) is 194 Å². The molecule has 2 aliphatic heterocycles. The lowest BCUT2D eigenvalue weighted by Gasteiger charge is -2.32. The Balaban J connectivity index is 1.39. The first-order valence-electron chi connectivity index (χ1n) is 17.4. The number of cyclic esters (lactones) is 1. The minimum Gasteiger partial charge on any atom is -0.505 e. The second-order valence-electron chi connectivity index (χ2n) is 13.1. The predicted octanol–water partition coefficient (Wildman–Crippen LogP) is -3.20. The van der Waals surface area contributed by atoms with E-state index < -0.39 is 35.7 Å². The van der Waals surface area contributed by atoms with Gasteiger partial charge in [-0.1, -0.05) is 0 Å². The molecule has 3 aliphatic rings. The van der Waals surface area contributed by atoms with Crippen LogP contribution in [0.3, 0.4) is 0 Å². The van der Waals surface area contributed by atoms with Crippen molar-refractivity contribution in [2.45, 2.75) is 37.9 Å². The highest BCUT2D eigenvalue weighted by Gasteiger charge is 2.39. The summed E-state index contributed by atoms with van der Waals surface area (Å²) in [6.07, 6.45) is 0.359. The summed E-state index contributed by atoms with van der Waals surface area (Å²) >= 11 is 0. The van der Waals surface area contributed by atoms with Gasteiger partial charge in [-0.25, -0.2) is 14.6 Å². The highest BCUT2D eigenvalue weighted by Crippen LogP contribution is 2.28. The number of amides is 3. The number of esters is 1. The van der Waals surface area contributed by atoms with Gasteiger partial charge >= 0.3 is 11.9 Å². The number of aliphatic hydroxyl groups excluding tert-OH is 3. The number of rotatable bonds is 17. The molecule has 3 rings (SSSR count). The van der Waals surface area contributed by atoms with Gasteiger partial charge in [-0.15, -0.1) is 0 Å². The van der Waals surface area contributed by atoms with E-state index in [0.29, 0.717) is 84.6 Å². The van der Waals surface area contributed by atoms with Crippen LogP contribution in [0.4, 0.5) is 0 Å². The third-order valence-electron chi connectivity index (χ3n) is 9.37. The second-order valence-corrected chi connectivity index (χ2v) is 13.1. The van der Waals surface area contributed by atoms with Crippen LogP contribution in [0.1, 0.15) is 25.7 Å². The van der Waals surface area contributed by atoms with E-state index in [0.717, 1.165) is 6.29 Å². The predicted molar refractivity (Wildman–Crippen MR) is 180 cm³/mol. The number of ether oxygens (including phenoxy) is 1. The fraction of sp³-hybridized carbons (Fsp3) is 0.750. The minimum atomic E-state index is -1.45. The smallest absolute Gasteiger partial charge is 0.377 e. The molecule has 0 aromatic carbocycles. The number of carbonyl (C=O) groups excluding carboxylic acids is 5. The van der Waals surface area contributed by atoms with Gasteiger partial charge in [0, 0.05) is 71.4 Å². The quantitative estimate of drug-likeness (QED) is 0.0335. The molecule has 294 valence electrons. The van der Waals surface area contributed by atoms with Gasteiger partial charge < -0.3 is 45.9 Å². The molecule has 2 fully saturated rings. The van der Waals surface area contributed by atoms with Gasteiger partial charge in [0.2, 0.25) is 23.5 Å². The number of carboxylic acid groups (broad SMARTS) is 1. The number of hydrogen-bond donors (Lipinski definition) is 7. The van der Waals surface area contributed by atoms with E-state index in [4.69, 9.17) is 14.5 Å². The zero-order valence-corrected chi connectivity index (χ0v) is 29.6. The third-order valence-corrected chi connectivity index (χ3v) is 9.37. The van der Waals surface area contributed by atoms with Crippen LogP contribution in [0, 0.1) is 11.8 Å². The van der Waals surface area contributed by atoms with Crippen LogP contribution < -0.4 is 16.0 Å². The zero-order chi connectivity index (χ0) is 38.0. The van der Waals surface area contributed by atoms with Crippen LogP contribution >= 0.6 is 0 Å². The maximum absolute atomic E-state index is 12.9. The molecular formula is C32H53N7O13. The van der Waals surface area contributed by atoms with E-state index in [-0.39, 0.29) is 69.0 Å². The van der Waals surface area contributed by atoms with Crippen molar-refractivity contribution in [2.75, 3.05) is 105 Å². The van der Waals surface area contributed by atoms with Crippen molar-refractivity contribution in [3.8, 4) is 0 Å². The summed E-state index contributed by atoms with van der Waals surface area (Å²) in [6, 6.07) is 0. The number of hydrogen-bond acceptors (Lipinski definition) is 16. The van der Waals surface area contributed by atoms with Crippen molar-refractivity contribution in [3.05, 3.63) is 11.5 Å². The van der Waals surface area contributed by atoms with Gasteiger partial charge in [-0.2, -0.15) is 0 Å². The maximum Gasteiger partial charge on any atom is 0.377 e. The topological polar surface area (TPSA) is 260 Å². The largest absolute Gasteiger partial charge is 0.505 e. The SMILES string of the molecule is COOCN1CCN(CC(=O)O)CCN(CC=O)CCN(CC(=O)NCC(=O)NCC2CCC(C(=O)NCC(O)C3OC(=O)C(O)=C3O)CC2)CC1. The van der Waals surface area contributed by atoms with Crippen LogP contribution in [0.25, 0.3) is 0 Å². The average Bonchev–Trinajstić information content (AvgIpc) is 3.38. The van der Waals surface area contributed by atoms with E-state index in [1.54, 1.807) is 4.90 Å². The molecule has 7 N–H and O–H groups in total. The van der Waals surface area contributed by atoms with Gasteiger partial charge in [0.05, 0.1) is 33.3 Å². The molecule has 1 aliphatic carbocycles. The number of aliphatic hydroxyl groups is 3. The Kier molecular flexibility index (Phi) is 18.2. The first kappa shape index (κ1) is 42.5. The standard InChI is InChI=1S/C32H53N7O13/c1-50-51-21-39-12-10-37(8-6-36(14-15-40)7-9-38(11-13-39)20-27(44)45)19-26(43)34-18-25(42)33-16-22-2-4-23(5-3-22)31(48)35-17-24(41)30-28(46)29(47)32(49)52-30/h15,22-24,30,41,46-47H,2-14,16-21H2,1H3,(H,33,42)(H,34,43)(H,35,48)(H,44,45). The molecule has 20 nitrogen and oxygen atoms in total. The van der Waals surface area contributed by atoms with Gasteiger partial charge in [-0.05, 0) is 31.6 Å². The summed E-state index contributed by atoms with van der Waals surface area (Å²) in [5.41, 5.74) is 0. The summed E-state index contributed by atoms with van der Waals surface area (Å²) in [4.78, 5) is 89.6. The van der Waals surface area contributed by atoms with Gasteiger partial charge in [-0.3, -0.25) is 38.8 Å². The van der Waals surface area contributed by atoms with Crippen LogP contribution in [-0.2, 0) is 43.3 Å². The van der Waals surface area contributed by atoms with E-state index in [2.05, 4.69) is 16.0 Å². The summed E-state index contributed by atoms with van der Waals surface area (Å²) < 4.78 is 4.70. The van der Waals surface area contributed by atoms with E-state index >= 15 is 0 Å². The van der Waals surface area contributed by atoms with Crippen molar-refractivity contribution in [1.82, 2.24) is 35.6 Å². The normalized spacial score (nSPS) is 23.9. The van der Waals surface area contributed by atoms with Crippen molar-refractivity contribution < 1.29 is 63.7 Å². The van der Waals surface area contributed by atoms with Crippen molar-refractivity contribution in [1.29, 1.82) is 0 Å². The van der Waals surface area contributed by atoms with Crippen molar-refractivity contribution >= 4 is 35.9 Å². The highest BCUT2D eigenvalue weighted by atomic mass is 17.2. The first-order valence-corrected chi connectivity index (χ1v) is 17.4. The van der Waals surface area contributed by atoms with E-state index in [1.807, 2.05) is 14.7 Å². The van der Waals surface area contributed by atoms with Crippen molar-refractivity contribution in [3.63, 3.8) is 0 Å². The number of nitrogens with one attached hydrogen (secondary N) is 3. The maximum atomic E-state index is 12.9. The molecule has 0 spiro atoms. The number of nitrogens with zero attached hydrogens (tertiary/aromatic N) is 4. The first-order chi connectivity index (χ1) is 24.9. The Morgan fingerprint density at radius 2 is 1.46 bits per heavy atom. The molecule has 1 saturated heterocycles. The number of aliphatic carboxylic acids is 1. The lowest BCUT2D eigenvalue weighted by Crippen LogP contribution is -2.49. The molecule has 0 bridgehead atoms. The van der Waals surface area contributed by atoms with Crippen molar-refractivity contribution in [2.24, 2.45) is 11.8 Å². The van der Waals surface area contributed by atoms with E-state index in [1.165, 1.54) is 7.11 Å². The van der Waals surface area contributed by atoms with Crippen LogP contribution in [0.5, 0.6) is 0 Å². The Labute approximate surface area is 301 Å². The lowest BCUT2D eigenvalue weighted by molar-refractivity contribution is -0.295. The molecule has 2 heterocycles. The van der Waals surface area contributed by atoms with Crippen LogP contribution in [0.2, 0.25) is 0 Å². The average molecular weight is 744 g/mol.